The van der Waals surface area contributed by atoms with Crippen LogP contribution >= 0.6 is 11.3 Å². The maximum atomic E-state index is 12.0. The predicted molar refractivity (Wildman–Crippen MR) is 66.2 cm³/mol. The van der Waals surface area contributed by atoms with Crippen molar-refractivity contribution in [2.45, 2.75) is 12.5 Å². The summed E-state index contributed by atoms with van der Waals surface area (Å²) in [4.78, 5) is 12.1. The molecule has 0 aliphatic rings. The largest absolute Gasteiger partial charge is 0.385 e. The molecule has 1 unspecified atom stereocenters. The van der Waals surface area contributed by atoms with Gasteiger partial charge >= 0.3 is 0 Å². The summed E-state index contributed by atoms with van der Waals surface area (Å²) in [5.74, 6) is -0.448. The molecular weight excluding hydrogens is 260 g/mol. The lowest BCUT2D eigenvalue weighted by molar-refractivity contribution is -0.00268. The number of benzene rings is 1. The minimum absolute atomic E-state index is 0.442. The lowest BCUT2D eigenvalue weighted by Gasteiger charge is -2.09. The Labute approximate surface area is 106 Å². The molecule has 6 heteroatoms. The van der Waals surface area contributed by atoms with Gasteiger partial charge in [0.1, 0.15) is 6.10 Å². The molecule has 1 aromatic carbocycles. The fourth-order valence-electron chi connectivity index (χ4n) is 1.47. The van der Waals surface area contributed by atoms with Crippen molar-refractivity contribution in [1.29, 1.82) is 0 Å². The summed E-state index contributed by atoms with van der Waals surface area (Å²) in [6, 6.07) is 9.17. The van der Waals surface area contributed by atoms with Gasteiger partial charge in [-0.3, -0.25) is 4.79 Å². The van der Waals surface area contributed by atoms with Crippen LogP contribution in [0.3, 0.4) is 0 Å². The topological polar surface area (TPSA) is 49.3 Å². The molecule has 0 aliphatic carbocycles. The van der Waals surface area contributed by atoms with Crippen molar-refractivity contribution in [1.82, 2.24) is 5.32 Å². The van der Waals surface area contributed by atoms with E-state index in [4.69, 9.17) is 5.11 Å². The number of hydrogen-bond donors (Lipinski definition) is 2. The molecular formula is C12H11F2NO2S. The number of aliphatic hydroxyl groups is 1. The van der Waals surface area contributed by atoms with Gasteiger partial charge in [0.15, 0.2) is 0 Å². The third kappa shape index (κ3) is 2.83. The molecule has 96 valence electrons. The molecule has 18 heavy (non-hydrogen) atoms. The molecule has 2 aromatic rings. The van der Waals surface area contributed by atoms with E-state index in [-0.39, 0.29) is 0 Å². The van der Waals surface area contributed by atoms with Crippen LogP contribution in [0.15, 0.2) is 30.3 Å². The fourth-order valence-corrected chi connectivity index (χ4v) is 2.45. The number of aliphatic hydroxyl groups excluding tert-OH is 1. The van der Waals surface area contributed by atoms with E-state index < -0.39 is 25.0 Å². The van der Waals surface area contributed by atoms with Crippen molar-refractivity contribution >= 4 is 27.3 Å². The molecule has 3 nitrogen and oxygen atoms in total. The Bertz CT molecular complexity index is 523. The fraction of sp³-hybridized carbons (Fsp3) is 0.250. The number of halogens is 2. The summed E-state index contributed by atoms with van der Waals surface area (Å²) in [6.45, 7) is -0.454. The third-order valence-corrected chi connectivity index (χ3v) is 3.53. The van der Waals surface area contributed by atoms with Gasteiger partial charge in [0.25, 0.3) is 12.3 Å². The van der Waals surface area contributed by atoms with Crippen molar-refractivity contribution in [3.05, 3.63) is 35.2 Å². The Kier molecular flexibility index (Phi) is 3.88. The quantitative estimate of drug-likeness (QED) is 0.896. The SMILES string of the molecule is O=C(NCC(O)C(F)F)c1cc2ccccc2s1. The molecule has 0 saturated heterocycles. The molecule has 1 atom stereocenters. The van der Waals surface area contributed by atoms with Gasteiger partial charge in [-0.1, -0.05) is 18.2 Å². The molecule has 0 spiro atoms. The van der Waals surface area contributed by atoms with Crippen LogP contribution in [0.4, 0.5) is 8.78 Å². The van der Waals surface area contributed by atoms with Crippen LogP contribution in [0, 0.1) is 0 Å². The maximum absolute atomic E-state index is 12.0. The zero-order valence-corrected chi connectivity index (χ0v) is 10.1. The van der Waals surface area contributed by atoms with Gasteiger partial charge in [-0.2, -0.15) is 0 Å². The Morgan fingerprint density at radius 2 is 2.11 bits per heavy atom. The predicted octanol–water partition coefficient (Wildman–Crippen LogP) is 2.26. The first-order valence-corrected chi connectivity index (χ1v) is 6.12. The lowest BCUT2D eigenvalue weighted by atomic mass is 10.2. The van der Waals surface area contributed by atoms with Gasteiger partial charge in [0, 0.05) is 11.2 Å². The summed E-state index contributed by atoms with van der Waals surface area (Å²) in [5.41, 5.74) is 0. The van der Waals surface area contributed by atoms with Crippen molar-refractivity contribution in [3.63, 3.8) is 0 Å². The van der Waals surface area contributed by atoms with E-state index in [1.807, 2.05) is 24.3 Å². The molecule has 0 radical (unpaired) electrons. The molecule has 1 heterocycles. The van der Waals surface area contributed by atoms with E-state index in [1.54, 1.807) is 6.07 Å². The van der Waals surface area contributed by atoms with Crippen LogP contribution in [-0.2, 0) is 0 Å². The minimum atomic E-state index is -2.85. The Morgan fingerprint density at radius 1 is 1.39 bits per heavy atom. The number of amides is 1. The van der Waals surface area contributed by atoms with Gasteiger partial charge in [0.2, 0.25) is 0 Å². The van der Waals surface area contributed by atoms with Gasteiger partial charge in [0.05, 0.1) is 4.88 Å². The average Bonchev–Trinajstić information content (AvgIpc) is 2.79. The van der Waals surface area contributed by atoms with E-state index in [0.717, 1.165) is 10.1 Å². The Hall–Kier alpha value is -1.53. The summed E-state index contributed by atoms with van der Waals surface area (Å²) in [7, 11) is 0. The van der Waals surface area contributed by atoms with Crippen molar-refractivity contribution in [2.75, 3.05) is 6.54 Å². The Balaban J connectivity index is 2.05. The zero-order chi connectivity index (χ0) is 13.1. The van der Waals surface area contributed by atoms with Gasteiger partial charge in [-0.25, -0.2) is 8.78 Å². The van der Waals surface area contributed by atoms with Gasteiger partial charge in [-0.15, -0.1) is 11.3 Å². The number of fused-ring (bicyclic) bond motifs is 1. The van der Waals surface area contributed by atoms with E-state index in [2.05, 4.69) is 5.32 Å². The second-order valence-electron chi connectivity index (χ2n) is 3.76. The summed E-state index contributed by atoms with van der Waals surface area (Å²) in [5, 5.41) is 12.1. The highest BCUT2D eigenvalue weighted by Crippen LogP contribution is 2.24. The van der Waals surface area contributed by atoms with E-state index in [1.165, 1.54) is 11.3 Å². The highest BCUT2D eigenvalue weighted by molar-refractivity contribution is 7.20. The molecule has 1 amide bonds. The number of carbonyl (C=O) groups is 1. The molecule has 0 bridgehead atoms. The molecule has 0 saturated carbocycles. The average molecular weight is 271 g/mol. The number of rotatable bonds is 4. The lowest BCUT2D eigenvalue weighted by Crippen LogP contribution is -2.35. The second-order valence-corrected chi connectivity index (χ2v) is 4.84. The normalized spacial score (nSPS) is 12.9. The first-order chi connectivity index (χ1) is 8.58. The van der Waals surface area contributed by atoms with Crippen LogP contribution in [0.1, 0.15) is 9.67 Å². The standard InChI is InChI=1S/C12H11F2NO2S/c13-11(14)8(16)6-15-12(17)10-5-7-3-1-2-4-9(7)18-10/h1-5,8,11,16H,6H2,(H,15,17). The number of alkyl halides is 2. The van der Waals surface area contributed by atoms with Gasteiger partial charge < -0.3 is 10.4 Å². The maximum Gasteiger partial charge on any atom is 0.265 e. The first kappa shape index (κ1) is 12.9. The van der Waals surface area contributed by atoms with Crippen molar-refractivity contribution in [3.8, 4) is 0 Å². The zero-order valence-electron chi connectivity index (χ0n) is 9.27. The molecule has 2 N–H and O–H groups in total. The molecule has 0 aliphatic heterocycles. The minimum Gasteiger partial charge on any atom is -0.385 e. The summed E-state index contributed by atoms with van der Waals surface area (Å²) in [6.07, 6.45) is -4.68. The monoisotopic (exact) mass is 271 g/mol. The van der Waals surface area contributed by atoms with Gasteiger partial charge in [-0.05, 0) is 17.5 Å². The summed E-state index contributed by atoms with van der Waals surface area (Å²) >= 11 is 1.28. The third-order valence-electron chi connectivity index (χ3n) is 2.41. The van der Waals surface area contributed by atoms with Crippen molar-refractivity contribution < 1.29 is 18.7 Å². The molecule has 0 fully saturated rings. The van der Waals surface area contributed by atoms with E-state index >= 15 is 0 Å². The smallest absolute Gasteiger partial charge is 0.265 e. The van der Waals surface area contributed by atoms with Crippen LogP contribution < -0.4 is 5.32 Å². The van der Waals surface area contributed by atoms with E-state index in [9.17, 15) is 13.6 Å². The summed E-state index contributed by atoms with van der Waals surface area (Å²) < 4.78 is 25.1. The van der Waals surface area contributed by atoms with Crippen LogP contribution in [0.2, 0.25) is 0 Å². The van der Waals surface area contributed by atoms with Crippen LogP contribution in [0.5, 0.6) is 0 Å². The molecule has 1 aromatic heterocycles. The number of hydrogen-bond acceptors (Lipinski definition) is 3. The highest BCUT2D eigenvalue weighted by atomic mass is 32.1. The molecule has 2 rings (SSSR count). The Morgan fingerprint density at radius 3 is 2.78 bits per heavy atom. The second kappa shape index (κ2) is 5.41. The van der Waals surface area contributed by atoms with E-state index in [0.29, 0.717) is 4.88 Å². The number of thiophene rings is 1. The first-order valence-electron chi connectivity index (χ1n) is 5.31. The number of carbonyl (C=O) groups excluding carboxylic acids is 1. The van der Waals surface area contributed by atoms with Crippen LogP contribution in [0.25, 0.3) is 10.1 Å². The highest BCUT2D eigenvalue weighted by Gasteiger charge is 2.18. The van der Waals surface area contributed by atoms with Crippen LogP contribution in [-0.4, -0.2) is 30.1 Å². The number of nitrogens with one attached hydrogen (secondary N) is 1. The van der Waals surface area contributed by atoms with Crippen molar-refractivity contribution in [2.24, 2.45) is 0 Å².